The third-order valence-electron chi connectivity index (χ3n) is 1.82. The van der Waals surface area contributed by atoms with E-state index in [0.29, 0.717) is 6.42 Å². The fourth-order valence-corrected chi connectivity index (χ4v) is 0.635. The lowest BCUT2D eigenvalue weighted by molar-refractivity contribution is -0.139. The molecule has 0 radical (unpaired) electrons. The largest absolute Gasteiger partial charge is 0.481 e. The van der Waals surface area contributed by atoms with E-state index in [1.165, 1.54) is 0 Å². The van der Waals surface area contributed by atoms with E-state index in [9.17, 15) is 4.79 Å². The van der Waals surface area contributed by atoms with Crippen LogP contribution in [-0.2, 0) is 4.79 Å². The van der Waals surface area contributed by atoms with Gasteiger partial charge >= 0.3 is 5.97 Å². The second-order valence-electron chi connectivity index (χ2n) is 3.13. The zero-order chi connectivity index (χ0) is 11.6. The highest BCUT2D eigenvalue weighted by Gasteiger charge is 2.04. The monoisotopic (exact) mass is 206 g/mol. The molecule has 3 N–H and O–H groups in total. The molecule has 0 bridgehead atoms. The lowest BCUT2D eigenvalue weighted by atomic mass is 10.2. The smallest absolute Gasteiger partial charge is 0.305 e. The van der Waals surface area contributed by atoms with Gasteiger partial charge in [-0.25, -0.2) is 0 Å². The van der Waals surface area contributed by atoms with Gasteiger partial charge in [-0.15, -0.1) is 0 Å². The summed E-state index contributed by atoms with van der Waals surface area (Å²) in [5.74, 6) is -0.945. The van der Waals surface area contributed by atoms with Crippen molar-refractivity contribution >= 4 is 5.97 Å². The van der Waals surface area contributed by atoms with Crippen molar-refractivity contribution in [1.82, 2.24) is 0 Å². The van der Waals surface area contributed by atoms with Gasteiger partial charge in [0.2, 0.25) is 0 Å². The summed E-state index contributed by atoms with van der Waals surface area (Å²) in [7, 11) is 0. The number of rotatable bonds is 5. The average Bonchev–Trinajstić information content (AvgIpc) is 2.16. The Morgan fingerprint density at radius 1 is 1.00 bits per heavy atom. The molecule has 0 heterocycles. The molecule has 0 fully saturated rings. The summed E-state index contributed by atoms with van der Waals surface area (Å²) in [6.07, 6.45) is 1.40. The van der Waals surface area contributed by atoms with Crippen LogP contribution in [0.4, 0.5) is 0 Å². The summed E-state index contributed by atoms with van der Waals surface area (Å²) in [6, 6.07) is 0. The van der Waals surface area contributed by atoms with Gasteiger partial charge in [0, 0.05) is 0 Å². The zero-order valence-electron chi connectivity index (χ0n) is 9.23. The average molecular weight is 206 g/mol. The van der Waals surface area contributed by atoms with E-state index in [-0.39, 0.29) is 12.5 Å². The lowest BCUT2D eigenvalue weighted by Crippen LogP contribution is -2.10. The molecule has 0 rings (SSSR count). The normalized spacial score (nSPS) is 11.9. The summed E-state index contributed by atoms with van der Waals surface area (Å²) in [6.45, 7) is 5.70. The van der Waals surface area contributed by atoms with E-state index in [1.807, 2.05) is 13.8 Å². The van der Waals surface area contributed by atoms with Gasteiger partial charge < -0.3 is 15.3 Å². The Morgan fingerprint density at radius 3 is 1.43 bits per heavy atom. The molecule has 0 amide bonds. The van der Waals surface area contributed by atoms with Gasteiger partial charge in [0.25, 0.3) is 0 Å². The van der Waals surface area contributed by atoms with Gasteiger partial charge in [0.15, 0.2) is 0 Å². The number of hydrogen-bond acceptors (Lipinski definition) is 3. The van der Waals surface area contributed by atoms with Gasteiger partial charge in [-0.1, -0.05) is 20.8 Å². The summed E-state index contributed by atoms with van der Waals surface area (Å²) >= 11 is 0. The highest BCUT2D eigenvalue weighted by Crippen LogP contribution is 1.94. The van der Waals surface area contributed by atoms with Crippen molar-refractivity contribution in [3.05, 3.63) is 0 Å². The SMILES string of the molecule is CCC(O)CC.CC[C@H](O)CC(=O)O. The molecule has 0 aromatic rings. The second kappa shape index (κ2) is 10.5. The predicted molar refractivity (Wildman–Crippen MR) is 55.1 cm³/mol. The van der Waals surface area contributed by atoms with Crippen LogP contribution in [0, 0.1) is 0 Å². The van der Waals surface area contributed by atoms with Crippen molar-refractivity contribution in [1.29, 1.82) is 0 Å². The molecule has 0 saturated heterocycles. The molecule has 0 unspecified atom stereocenters. The number of carboxylic acid groups (broad SMARTS) is 1. The van der Waals surface area contributed by atoms with Crippen LogP contribution >= 0.6 is 0 Å². The summed E-state index contributed by atoms with van der Waals surface area (Å²) in [4.78, 5) is 9.81. The first-order valence-electron chi connectivity index (χ1n) is 5.05. The summed E-state index contributed by atoms with van der Waals surface area (Å²) in [5.41, 5.74) is 0. The number of aliphatic carboxylic acids is 1. The minimum atomic E-state index is -0.945. The third-order valence-corrected chi connectivity index (χ3v) is 1.82. The Balaban J connectivity index is 0. The number of aliphatic hydroxyl groups is 2. The third kappa shape index (κ3) is 13.9. The lowest BCUT2D eigenvalue weighted by Gasteiger charge is -2.00. The van der Waals surface area contributed by atoms with Gasteiger partial charge in [0.1, 0.15) is 0 Å². The van der Waals surface area contributed by atoms with E-state index in [4.69, 9.17) is 15.3 Å². The Kier molecular flexibility index (Phi) is 11.9. The number of carbonyl (C=O) groups is 1. The minimum absolute atomic E-state index is 0.0648. The quantitative estimate of drug-likeness (QED) is 0.635. The number of hydrogen-bond donors (Lipinski definition) is 3. The van der Waals surface area contributed by atoms with Crippen molar-refractivity contribution in [3.63, 3.8) is 0 Å². The van der Waals surface area contributed by atoms with Crippen molar-refractivity contribution in [2.75, 3.05) is 0 Å². The number of carboxylic acids is 1. The Hall–Kier alpha value is -0.610. The van der Waals surface area contributed by atoms with Crippen LogP contribution in [0.25, 0.3) is 0 Å². The first-order valence-corrected chi connectivity index (χ1v) is 5.05. The van der Waals surface area contributed by atoms with E-state index in [2.05, 4.69) is 0 Å². The van der Waals surface area contributed by atoms with Crippen LogP contribution in [0.2, 0.25) is 0 Å². The predicted octanol–water partition coefficient (Wildman–Crippen LogP) is 1.40. The molecule has 0 aliphatic heterocycles. The molecule has 0 aliphatic rings. The van der Waals surface area contributed by atoms with E-state index >= 15 is 0 Å². The van der Waals surface area contributed by atoms with Crippen molar-refractivity contribution in [3.8, 4) is 0 Å². The molecule has 0 saturated carbocycles. The maximum Gasteiger partial charge on any atom is 0.305 e. The Labute approximate surface area is 85.6 Å². The summed E-state index contributed by atoms with van der Waals surface area (Å²) < 4.78 is 0. The molecular formula is C10H22O4. The highest BCUT2D eigenvalue weighted by atomic mass is 16.4. The van der Waals surface area contributed by atoms with E-state index < -0.39 is 12.1 Å². The van der Waals surface area contributed by atoms with Gasteiger partial charge in [0.05, 0.1) is 18.6 Å². The minimum Gasteiger partial charge on any atom is -0.481 e. The molecule has 1 atom stereocenters. The first-order chi connectivity index (χ1) is 6.47. The van der Waals surface area contributed by atoms with Crippen LogP contribution in [0.3, 0.4) is 0 Å². The molecule has 0 spiro atoms. The molecule has 0 aromatic heterocycles. The second-order valence-corrected chi connectivity index (χ2v) is 3.13. The van der Waals surface area contributed by atoms with Gasteiger partial charge in [-0.05, 0) is 19.3 Å². The Bertz CT molecular complexity index is 132. The fourth-order valence-electron chi connectivity index (χ4n) is 0.635. The molecule has 86 valence electrons. The van der Waals surface area contributed by atoms with Crippen LogP contribution in [0.1, 0.15) is 46.5 Å². The molecular weight excluding hydrogens is 184 g/mol. The van der Waals surface area contributed by atoms with Crippen molar-refractivity contribution in [2.45, 2.75) is 58.7 Å². The number of aliphatic hydroxyl groups excluding tert-OH is 2. The zero-order valence-corrected chi connectivity index (χ0v) is 9.23. The van der Waals surface area contributed by atoms with Gasteiger partial charge in [-0.3, -0.25) is 4.79 Å². The standard InChI is InChI=1S/C5H10O3.C5H12O/c1-2-4(6)3-5(7)8;1-3-5(6)4-2/h4,6H,2-3H2,1H3,(H,7,8);5-6H,3-4H2,1-2H3/t4-;/m0./s1. The molecule has 14 heavy (non-hydrogen) atoms. The van der Waals surface area contributed by atoms with Crippen LogP contribution in [0.5, 0.6) is 0 Å². The molecule has 0 aliphatic carbocycles. The van der Waals surface area contributed by atoms with Gasteiger partial charge in [-0.2, -0.15) is 0 Å². The maximum atomic E-state index is 9.81. The van der Waals surface area contributed by atoms with Crippen LogP contribution in [-0.4, -0.2) is 33.5 Å². The molecule has 4 nitrogen and oxygen atoms in total. The van der Waals surface area contributed by atoms with Crippen LogP contribution < -0.4 is 0 Å². The van der Waals surface area contributed by atoms with Crippen molar-refractivity contribution in [2.24, 2.45) is 0 Å². The topological polar surface area (TPSA) is 77.8 Å². The van der Waals surface area contributed by atoms with Crippen molar-refractivity contribution < 1.29 is 20.1 Å². The fraction of sp³-hybridized carbons (Fsp3) is 0.900. The van der Waals surface area contributed by atoms with E-state index in [1.54, 1.807) is 6.92 Å². The molecule has 0 aromatic carbocycles. The highest BCUT2D eigenvalue weighted by molar-refractivity contribution is 5.67. The Morgan fingerprint density at radius 2 is 1.36 bits per heavy atom. The molecule has 4 heteroatoms. The first kappa shape index (κ1) is 15.8. The van der Waals surface area contributed by atoms with E-state index in [0.717, 1.165) is 12.8 Å². The van der Waals surface area contributed by atoms with Crippen LogP contribution in [0.15, 0.2) is 0 Å². The summed E-state index contributed by atoms with van der Waals surface area (Å²) in [5, 5.41) is 25.4. The maximum absolute atomic E-state index is 9.81.